The summed E-state index contributed by atoms with van der Waals surface area (Å²) in [6.07, 6.45) is 5.40. The molecule has 1 fully saturated rings. The molecule has 0 unspecified atom stereocenters. The lowest BCUT2D eigenvalue weighted by Crippen LogP contribution is -2.50. The molecule has 3 heterocycles. The zero-order valence-electron chi connectivity index (χ0n) is 19.7. The second-order valence-electron chi connectivity index (χ2n) is 8.86. The van der Waals surface area contributed by atoms with Gasteiger partial charge in [-0.25, -0.2) is 0 Å². The van der Waals surface area contributed by atoms with Crippen LogP contribution in [-0.2, 0) is 0 Å². The Bertz CT molecular complexity index is 1330. The molecule has 0 aliphatic carbocycles. The minimum absolute atomic E-state index is 0.0508. The van der Waals surface area contributed by atoms with Crippen molar-refractivity contribution in [3.05, 3.63) is 77.7 Å². The highest BCUT2D eigenvalue weighted by atomic mass is 16.5. The summed E-state index contributed by atoms with van der Waals surface area (Å²) in [6.45, 7) is 6.25. The first-order chi connectivity index (χ1) is 16.6. The zero-order chi connectivity index (χ0) is 23.7. The molecule has 1 aliphatic heterocycles. The summed E-state index contributed by atoms with van der Waals surface area (Å²) >= 11 is 0. The molecular weight excluding hydrogens is 426 g/mol. The van der Waals surface area contributed by atoms with Crippen molar-refractivity contribution >= 4 is 16.8 Å². The molecule has 4 aromatic rings. The Labute approximate surface area is 199 Å². The van der Waals surface area contributed by atoms with E-state index in [0.717, 1.165) is 40.7 Å². The van der Waals surface area contributed by atoms with E-state index in [2.05, 4.69) is 45.6 Å². The summed E-state index contributed by atoms with van der Waals surface area (Å²) < 4.78 is 5.97. The molecule has 1 aliphatic rings. The third-order valence-electron chi connectivity index (χ3n) is 6.56. The standard InChI is InChI=1S/C27H29N5O2/c1-4-34-24-11-19(8-9-22(24)18-7-5-6-17(2)10-18)27(33)32(3)26(21-13-28-14-21)23-16-29-12-20-15-30-31-25(20)23/h5-12,15-16,21,26,28H,4,13-14H2,1-3H3,(H,30,31)/t26-/m1/s1. The SMILES string of the molecule is CCOc1cc(C(=O)N(C)[C@@H](c2cncc3cn[nH]c23)C2CNC2)ccc1-c1cccc(C)c1. The lowest BCUT2D eigenvalue weighted by Gasteiger charge is -2.40. The maximum absolute atomic E-state index is 13.7. The number of nitrogens with one attached hydrogen (secondary N) is 2. The second-order valence-corrected chi connectivity index (χ2v) is 8.86. The van der Waals surface area contributed by atoms with Crippen molar-refractivity contribution in [1.82, 2.24) is 25.4 Å². The molecule has 1 atom stereocenters. The van der Waals surface area contributed by atoms with Crippen molar-refractivity contribution in [3.8, 4) is 16.9 Å². The van der Waals surface area contributed by atoms with E-state index in [-0.39, 0.29) is 11.9 Å². The summed E-state index contributed by atoms with van der Waals surface area (Å²) in [4.78, 5) is 20.0. The third-order valence-corrected chi connectivity index (χ3v) is 6.56. The van der Waals surface area contributed by atoms with Gasteiger partial charge in [0, 0.05) is 60.5 Å². The molecule has 2 N–H and O–H groups in total. The van der Waals surface area contributed by atoms with Gasteiger partial charge in [-0.1, -0.05) is 29.8 Å². The Morgan fingerprint density at radius 1 is 1.18 bits per heavy atom. The van der Waals surface area contributed by atoms with Gasteiger partial charge in [0.25, 0.3) is 5.91 Å². The number of carbonyl (C=O) groups excluding carboxylic acids is 1. The fourth-order valence-corrected chi connectivity index (χ4v) is 4.74. The van der Waals surface area contributed by atoms with E-state index >= 15 is 0 Å². The number of nitrogens with zero attached hydrogens (tertiary/aromatic N) is 3. The fraction of sp³-hybridized carbons (Fsp3) is 0.296. The van der Waals surface area contributed by atoms with E-state index < -0.39 is 0 Å². The van der Waals surface area contributed by atoms with Crippen LogP contribution >= 0.6 is 0 Å². The highest BCUT2D eigenvalue weighted by molar-refractivity contribution is 5.96. The fourth-order valence-electron chi connectivity index (χ4n) is 4.74. The minimum atomic E-state index is -0.127. The number of amides is 1. The number of pyridine rings is 1. The molecule has 2 aromatic carbocycles. The maximum Gasteiger partial charge on any atom is 0.254 e. The molecule has 0 saturated carbocycles. The van der Waals surface area contributed by atoms with Crippen molar-refractivity contribution in [2.45, 2.75) is 19.9 Å². The van der Waals surface area contributed by atoms with Crippen LogP contribution in [-0.4, -0.2) is 52.7 Å². The predicted octanol–water partition coefficient (Wildman–Crippen LogP) is 4.36. The Hall–Kier alpha value is -3.71. The first-order valence-corrected chi connectivity index (χ1v) is 11.7. The van der Waals surface area contributed by atoms with Crippen molar-refractivity contribution in [2.24, 2.45) is 5.92 Å². The smallest absolute Gasteiger partial charge is 0.254 e. The van der Waals surface area contributed by atoms with E-state index in [9.17, 15) is 4.79 Å². The Balaban J connectivity index is 1.51. The first-order valence-electron chi connectivity index (χ1n) is 11.7. The van der Waals surface area contributed by atoms with Crippen molar-refractivity contribution in [2.75, 3.05) is 26.7 Å². The summed E-state index contributed by atoms with van der Waals surface area (Å²) in [7, 11) is 1.87. The average Bonchev–Trinajstić information content (AvgIpc) is 3.30. The minimum Gasteiger partial charge on any atom is -0.493 e. The normalized spacial score (nSPS) is 14.6. The maximum atomic E-state index is 13.7. The lowest BCUT2D eigenvalue weighted by atomic mass is 9.87. The van der Waals surface area contributed by atoms with Crippen molar-refractivity contribution in [3.63, 3.8) is 0 Å². The number of hydrogen-bond donors (Lipinski definition) is 2. The van der Waals surface area contributed by atoms with Crippen LogP contribution in [0.15, 0.2) is 61.1 Å². The number of aryl methyl sites for hydroxylation is 1. The number of hydrogen-bond acceptors (Lipinski definition) is 5. The Morgan fingerprint density at radius 3 is 2.76 bits per heavy atom. The van der Waals surface area contributed by atoms with Gasteiger partial charge in [-0.3, -0.25) is 14.9 Å². The van der Waals surface area contributed by atoms with Crippen LogP contribution in [0.1, 0.15) is 34.5 Å². The molecule has 0 radical (unpaired) electrons. The van der Waals surface area contributed by atoms with Gasteiger partial charge in [-0.05, 0) is 37.6 Å². The average molecular weight is 456 g/mol. The highest BCUT2D eigenvalue weighted by Gasteiger charge is 2.35. The second kappa shape index (κ2) is 9.27. The van der Waals surface area contributed by atoms with Crippen LogP contribution in [0.5, 0.6) is 5.75 Å². The van der Waals surface area contributed by atoms with Crippen LogP contribution in [0.4, 0.5) is 0 Å². The van der Waals surface area contributed by atoms with E-state index in [0.29, 0.717) is 23.8 Å². The molecule has 1 saturated heterocycles. The van der Waals surface area contributed by atoms with Gasteiger partial charge in [-0.15, -0.1) is 0 Å². The van der Waals surface area contributed by atoms with Crippen molar-refractivity contribution < 1.29 is 9.53 Å². The van der Waals surface area contributed by atoms with Crippen LogP contribution in [0.25, 0.3) is 22.0 Å². The van der Waals surface area contributed by atoms with Crippen LogP contribution in [0.3, 0.4) is 0 Å². The topological polar surface area (TPSA) is 83.1 Å². The molecule has 174 valence electrons. The molecule has 7 nitrogen and oxygen atoms in total. The molecule has 2 aromatic heterocycles. The third kappa shape index (κ3) is 4.03. The number of H-pyrrole nitrogens is 1. The zero-order valence-corrected chi connectivity index (χ0v) is 19.7. The predicted molar refractivity (Wildman–Crippen MR) is 133 cm³/mol. The van der Waals surface area contributed by atoms with E-state index in [1.54, 1.807) is 12.4 Å². The largest absolute Gasteiger partial charge is 0.493 e. The molecule has 34 heavy (non-hydrogen) atoms. The van der Waals surface area contributed by atoms with Gasteiger partial charge >= 0.3 is 0 Å². The van der Waals surface area contributed by atoms with Gasteiger partial charge in [0.05, 0.1) is 24.4 Å². The molecule has 5 rings (SSSR count). The molecule has 7 heteroatoms. The Kier molecular flexibility index (Phi) is 6.02. The van der Waals surface area contributed by atoms with Crippen LogP contribution in [0.2, 0.25) is 0 Å². The van der Waals surface area contributed by atoms with Crippen molar-refractivity contribution in [1.29, 1.82) is 0 Å². The molecule has 0 spiro atoms. The Morgan fingerprint density at radius 2 is 2.03 bits per heavy atom. The summed E-state index contributed by atoms with van der Waals surface area (Å²) in [6, 6.07) is 13.9. The summed E-state index contributed by atoms with van der Waals surface area (Å²) in [5.74, 6) is 0.958. The number of ether oxygens (including phenoxy) is 1. The van der Waals surface area contributed by atoms with Gasteiger partial charge in [0.2, 0.25) is 0 Å². The molecular formula is C27H29N5O2. The number of rotatable bonds is 7. The molecule has 1 amide bonds. The summed E-state index contributed by atoms with van der Waals surface area (Å²) in [5.41, 5.74) is 5.75. The number of aromatic nitrogens is 3. The van der Waals surface area contributed by atoms with E-state index in [1.165, 1.54) is 5.56 Å². The monoisotopic (exact) mass is 455 g/mol. The molecule has 0 bridgehead atoms. The van der Waals surface area contributed by atoms with Gasteiger partial charge in [0.1, 0.15) is 5.75 Å². The number of benzene rings is 2. The van der Waals surface area contributed by atoms with Gasteiger partial charge < -0.3 is 15.0 Å². The van der Waals surface area contributed by atoms with E-state index in [4.69, 9.17) is 4.74 Å². The van der Waals surface area contributed by atoms with E-state index in [1.807, 2.05) is 49.3 Å². The number of carbonyl (C=O) groups is 1. The number of aromatic amines is 1. The highest BCUT2D eigenvalue weighted by Crippen LogP contribution is 2.36. The quantitative estimate of drug-likeness (QED) is 0.433. The summed E-state index contributed by atoms with van der Waals surface area (Å²) in [5, 5.41) is 11.6. The van der Waals surface area contributed by atoms with Gasteiger partial charge in [-0.2, -0.15) is 5.10 Å². The first kappa shape index (κ1) is 22.1. The number of fused-ring (bicyclic) bond motifs is 1. The van der Waals surface area contributed by atoms with Gasteiger partial charge in [0.15, 0.2) is 0 Å². The van der Waals surface area contributed by atoms with Crippen LogP contribution in [0, 0.1) is 12.8 Å². The van der Waals surface area contributed by atoms with Crippen LogP contribution < -0.4 is 10.1 Å². The lowest BCUT2D eigenvalue weighted by molar-refractivity contribution is 0.0626.